The molecule has 0 fully saturated rings. The van der Waals surface area contributed by atoms with E-state index in [1.54, 1.807) is 30.3 Å². The van der Waals surface area contributed by atoms with Gasteiger partial charge in [0.05, 0.1) is 34.3 Å². The first-order valence-corrected chi connectivity index (χ1v) is 7.31. The van der Waals surface area contributed by atoms with Crippen molar-refractivity contribution in [1.82, 2.24) is 0 Å². The van der Waals surface area contributed by atoms with Crippen LogP contribution in [0.15, 0.2) is 30.3 Å². The molecule has 0 radical (unpaired) electrons. The van der Waals surface area contributed by atoms with Crippen LogP contribution in [0.5, 0.6) is 11.5 Å². The molecule has 2 rings (SSSR count). The molecule has 0 heterocycles. The molecule has 0 saturated heterocycles. The summed E-state index contributed by atoms with van der Waals surface area (Å²) in [5.41, 5.74) is 6.71. The van der Waals surface area contributed by atoms with E-state index in [1.807, 2.05) is 0 Å². The van der Waals surface area contributed by atoms with Gasteiger partial charge in [0.15, 0.2) is 5.75 Å². The first-order chi connectivity index (χ1) is 10.4. The van der Waals surface area contributed by atoms with Gasteiger partial charge in [-0.05, 0) is 29.8 Å². The summed E-state index contributed by atoms with van der Waals surface area (Å²) in [4.78, 5) is 11.3. The molecule has 0 aromatic heterocycles. The van der Waals surface area contributed by atoms with Crippen molar-refractivity contribution in [2.24, 2.45) is 0 Å². The highest BCUT2D eigenvalue weighted by atomic mass is 35.5. The number of carbonyl (C=O) groups is 1. The number of anilines is 1. The van der Waals surface area contributed by atoms with Crippen molar-refractivity contribution in [3.8, 4) is 11.5 Å². The molecule has 0 unspecified atom stereocenters. The summed E-state index contributed by atoms with van der Waals surface area (Å²) in [5, 5.41) is 0.922. The molecule has 2 aromatic carbocycles. The van der Waals surface area contributed by atoms with Gasteiger partial charge in [-0.15, -0.1) is 0 Å². The topological polar surface area (TPSA) is 61.5 Å². The maximum absolute atomic E-state index is 11.3. The van der Waals surface area contributed by atoms with E-state index in [0.29, 0.717) is 22.0 Å². The number of carbonyl (C=O) groups excluding carboxylic acids is 1. The average Bonchev–Trinajstić information content (AvgIpc) is 2.46. The minimum Gasteiger partial charge on any atom is -0.469 e. The minimum atomic E-state index is -0.383. The first kappa shape index (κ1) is 16.7. The molecule has 2 N–H and O–H groups in total. The molecule has 0 amide bonds. The van der Waals surface area contributed by atoms with Gasteiger partial charge >= 0.3 is 5.97 Å². The van der Waals surface area contributed by atoms with Crippen LogP contribution >= 0.6 is 34.8 Å². The van der Waals surface area contributed by atoms with Crippen LogP contribution in [0.25, 0.3) is 0 Å². The quantitative estimate of drug-likeness (QED) is 0.632. The lowest BCUT2D eigenvalue weighted by Crippen LogP contribution is -2.04. The molecule has 0 aliphatic rings. The highest BCUT2D eigenvalue weighted by molar-refractivity contribution is 6.37. The molecule has 0 bridgehead atoms. The summed E-state index contributed by atoms with van der Waals surface area (Å²) in [7, 11) is 1.31. The molecule has 0 aliphatic heterocycles. The molecule has 22 heavy (non-hydrogen) atoms. The van der Waals surface area contributed by atoms with Gasteiger partial charge in [0.1, 0.15) is 5.75 Å². The molecule has 0 aliphatic carbocycles. The third-order valence-electron chi connectivity index (χ3n) is 2.83. The van der Waals surface area contributed by atoms with Crippen LogP contribution in [0.4, 0.5) is 5.69 Å². The highest BCUT2D eigenvalue weighted by Crippen LogP contribution is 2.38. The number of ether oxygens (including phenoxy) is 2. The normalized spacial score (nSPS) is 10.4. The van der Waals surface area contributed by atoms with Gasteiger partial charge in [0.25, 0.3) is 0 Å². The van der Waals surface area contributed by atoms with E-state index in [1.165, 1.54) is 7.11 Å². The summed E-state index contributed by atoms with van der Waals surface area (Å²) >= 11 is 18.3. The number of hydrogen-bond acceptors (Lipinski definition) is 4. The molecule has 0 spiro atoms. The van der Waals surface area contributed by atoms with Gasteiger partial charge in [0.2, 0.25) is 0 Å². The van der Waals surface area contributed by atoms with Crippen molar-refractivity contribution in [2.75, 3.05) is 12.8 Å². The Morgan fingerprint density at radius 3 is 2.27 bits per heavy atom. The maximum Gasteiger partial charge on any atom is 0.309 e. The van der Waals surface area contributed by atoms with E-state index in [-0.39, 0.29) is 28.2 Å². The van der Waals surface area contributed by atoms with E-state index in [4.69, 9.17) is 45.3 Å². The molecule has 0 saturated carbocycles. The molecule has 2 aromatic rings. The summed E-state index contributed by atoms with van der Waals surface area (Å²) in [5.74, 6) is 0.340. The van der Waals surface area contributed by atoms with Gasteiger partial charge in [0, 0.05) is 6.07 Å². The predicted molar refractivity (Wildman–Crippen MR) is 88.1 cm³/mol. The van der Waals surface area contributed by atoms with Crippen molar-refractivity contribution < 1.29 is 14.3 Å². The van der Waals surface area contributed by atoms with Crippen LogP contribution < -0.4 is 10.5 Å². The largest absolute Gasteiger partial charge is 0.469 e. The molecule has 7 heteroatoms. The van der Waals surface area contributed by atoms with Gasteiger partial charge in [-0.2, -0.15) is 0 Å². The Balaban J connectivity index is 2.28. The summed E-state index contributed by atoms with van der Waals surface area (Å²) in [6, 6.07) is 8.02. The lowest BCUT2D eigenvalue weighted by atomic mass is 10.1. The number of hydrogen-bond donors (Lipinski definition) is 1. The van der Waals surface area contributed by atoms with E-state index in [2.05, 4.69) is 4.74 Å². The zero-order valence-electron chi connectivity index (χ0n) is 11.5. The Hall–Kier alpha value is -1.62. The SMILES string of the molecule is COC(=O)Cc1cc(Cl)c(Oc2ccc(N)c(Cl)c2)c(Cl)c1. The Morgan fingerprint density at radius 1 is 1.09 bits per heavy atom. The lowest BCUT2D eigenvalue weighted by molar-refractivity contribution is -0.139. The number of rotatable bonds is 4. The fraction of sp³-hybridized carbons (Fsp3) is 0.133. The minimum absolute atomic E-state index is 0.0733. The Bertz CT molecular complexity index is 696. The van der Waals surface area contributed by atoms with Crippen molar-refractivity contribution in [3.63, 3.8) is 0 Å². The van der Waals surface area contributed by atoms with Crippen LogP contribution in [-0.4, -0.2) is 13.1 Å². The second-order valence-corrected chi connectivity index (χ2v) is 5.65. The van der Waals surface area contributed by atoms with E-state index in [9.17, 15) is 4.79 Å². The summed E-state index contributed by atoms with van der Waals surface area (Å²) in [6.07, 6.45) is 0.0733. The van der Waals surface area contributed by atoms with Gasteiger partial charge in [-0.3, -0.25) is 4.79 Å². The summed E-state index contributed by atoms with van der Waals surface area (Å²) in [6.45, 7) is 0. The van der Waals surface area contributed by atoms with Crippen molar-refractivity contribution in [1.29, 1.82) is 0 Å². The van der Waals surface area contributed by atoms with E-state index in [0.717, 1.165) is 0 Å². The predicted octanol–water partition coefficient (Wildman–Crippen LogP) is 4.74. The zero-order valence-corrected chi connectivity index (χ0v) is 13.8. The maximum atomic E-state index is 11.3. The average molecular weight is 361 g/mol. The monoisotopic (exact) mass is 359 g/mol. The highest BCUT2D eigenvalue weighted by Gasteiger charge is 2.13. The number of nitrogens with two attached hydrogens (primary N) is 1. The van der Waals surface area contributed by atoms with Crippen LogP contribution in [0, 0.1) is 0 Å². The Kier molecular flexibility index (Phi) is 5.40. The van der Waals surface area contributed by atoms with Gasteiger partial charge < -0.3 is 15.2 Å². The molecule has 4 nitrogen and oxygen atoms in total. The van der Waals surface area contributed by atoms with Gasteiger partial charge in [-0.25, -0.2) is 0 Å². The fourth-order valence-corrected chi connectivity index (χ4v) is 2.52. The van der Waals surface area contributed by atoms with Gasteiger partial charge in [-0.1, -0.05) is 34.8 Å². The summed E-state index contributed by atoms with van der Waals surface area (Å²) < 4.78 is 10.2. The Labute approximate surface area is 142 Å². The van der Waals surface area contributed by atoms with Crippen molar-refractivity contribution >= 4 is 46.5 Å². The smallest absolute Gasteiger partial charge is 0.309 e. The number of methoxy groups -OCH3 is 1. The third-order valence-corrected chi connectivity index (χ3v) is 3.71. The van der Waals surface area contributed by atoms with Crippen LogP contribution in [0.2, 0.25) is 15.1 Å². The van der Waals surface area contributed by atoms with Crippen LogP contribution in [0.3, 0.4) is 0 Å². The van der Waals surface area contributed by atoms with Crippen LogP contribution in [-0.2, 0) is 16.0 Å². The molecular formula is C15H12Cl3NO3. The number of esters is 1. The fourth-order valence-electron chi connectivity index (χ4n) is 1.74. The Morgan fingerprint density at radius 2 is 1.73 bits per heavy atom. The van der Waals surface area contributed by atoms with Crippen molar-refractivity contribution in [3.05, 3.63) is 51.0 Å². The third kappa shape index (κ3) is 3.97. The number of halogens is 3. The number of nitrogen functional groups attached to an aromatic ring is 1. The van der Waals surface area contributed by atoms with E-state index >= 15 is 0 Å². The number of benzene rings is 2. The lowest BCUT2D eigenvalue weighted by Gasteiger charge is -2.12. The van der Waals surface area contributed by atoms with Crippen LogP contribution in [0.1, 0.15) is 5.56 Å². The van der Waals surface area contributed by atoms with E-state index < -0.39 is 0 Å². The molecule has 116 valence electrons. The zero-order chi connectivity index (χ0) is 16.3. The molecular weight excluding hydrogens is 349 g/mol. The second kappa shape index (κ2) is 7.09. The molecule has 0 atom stereocenters. The second-order valence-electron chi connectivity index (χ2n) is 4.43. The van der Waals surface area contributed by atoms with Crippen molar-refractivity contribution in [2.45, 2.75) is 6.42 Å². The first-order valence-electron chi connectivity index (χ1n) is 6.18. The standard InChI is InChI=1S/C15H12Cl3NO3/c1-21-14(20)6-8-4-11(17)15(12(18)5-8)22-9-2-3-13(19)10(16)7-9/h2-5,7H,6,19H2,1H3.